The Hall–Kier alpha value is -2.20. The molecule has 3 amide bonds. The summed E-state index contributed by atoms with van der Waals surface area (Å²) in [5.41, 5.74) is 1.67. The molecule has 0 radical (unpaired) electrons. The summed E-state index contributed by atoms with van der Waals surface area (Å²) in [5.74, 6) is -0.994. The van der Waals surface area contributed by atoms with Crippen LogP contribution >= 0.6 is 15.9 Å². The second-order valence-corrected chi connectivity index (χ2v) is 5.86. The lowest BCUT2D eigenvalue weighted by atomic mass is 10.0. The molecule has 2 heterocycles. The molecule has 6 nitrogen and oxygen atoms in total. The molecule has 7 heteroatoms. The number of hydrogen-bond acceptors (Lipinski definition) is 4. The first-order valence-corrected chi connectivity index (χ1v) is 7.17. The van der Waals surface area contributed by atoms with Gasteiger partial charge < -0.3 is 4.90 Å². The Balaban J connectivity index is 1.92. The SMILES string of the molecule is N#Cc1cc2c(cc1Br)C(=O)N(C1CCC(=O)NC1=O)C2. The highest BCUT2D eigenvalue weighted by molar-refractivity contribution is 9.10. The molecule has 0 aliphatic carbocycles. The fraction of sp³-hybridized carbons (Fsp3) is 0.286. The van der Waals surface area contributed by atoms with Gasteiger partial charge in [0.1, 0.15) is 12.1 Å². The zero-order valence-corrected chi connectivity index (χ0v) is 12.4. The van der Waals surface area contributed by atoms with Gasteiger partial charge in [0, 0.05) is 23.0 Å². The second-order valence-electron chi connectivity index (χ2n) is 5.00. The number of imide groups is 1. The van der Waals surface area contributed by atoms with E-state index in [0.29, 0.717) is 22.0 Å². The summed E-state index contributed by atoms with van der Waals surface area (Å²) < 4.78 is 0.558. The Labute approximate surface area is 128 Å². The Bertz CT molecular complexity index is 723. The zero-order chi connectivity index (χ0) is 15.1. The van der Waals surface area contributed by atoms with Crippen molar-refractivity contribution in [2.45, 2.75) is 25.4 Å². The first kappa shape index (κ1) is 13.8. The van der Waals surface area contributed by atoms with E-state index in [-0.39, 0.29) is 24.8 Å². The fourth-order valence-electron chi connectivity index (χ4n) is 2.67. The number of hydrogen-bond donors (Lipinski definition) is 1. The molecular formula is C14H10BrN3O3. The number of nitrogens with one attached hydrogen (secondary N) is 1. The van der Waals surface area contributed by atoms with E-state index in [2.05, 4.69) is 21.2 Å². The Morgan fingerprint density at radius 3 is 2.76 bits per heavy atom. The maximum absolute atomic E-state index is 12.4. The third kappa shape index (κ3) is 2.21. The molecule has 0 aromatic heterocycles. The molecule has 1 saturated heterocycles. The number of amides is 3. The van der Waals surface area contributed by atoms with E-state index >= 15 is 0 Å². The van der Waals surface area contributed by atoms with Crippen LogP contribution in [0.25, 0.3) is 0 Å². The van der Waals surface area contributed by atoms with Gasteiger partial charge >= 0.3 is 0 Å². The van der Waals surface area contributed by atoms with Crippen molar-refractivity contribution < 1.29 is 14.4 Å². The average molecular weight is 348 g/mol. The molecule has 3 rings (SSSR count). The van der Waals surface area contributed by atoms with E-state index in [9.17, 15) is 14.4 Å². The summed E-state index contributed by atoms with van der Waals surface area (Å²) in [7, 11) is 0. The predicted octanol–water partition coefficient (Wildman–Crippen LogP) is 1.08. The van der Waals surface area contributed by atoms with Crippen molar-refractivity contribution in [1.29, 1.82) is 5.26 Å². The van der Waals surface area contributed by atoms with E-state index in [1.165, 1.54) is 4.90 Å². The van der Waals surface area contributed by atoms with Crippen LogP contribution in [-0.4, -0.2) is 28.7 Å². The average Bonchev–Trinajstić information content (AvgIpc) is 2.75. The topological polar surface area (TPSA) is 90.3 Å². The van der Waals surface area contributed by atoms with Gasteiger partial charge in [0.2, 0.25) is 11.8 Å². The molecule has 2 aliphatic rings. The van der Waals surface area contributed by atoms with E-state index in [1.54, 1.807) is 12.1 Å². The minimum Gasteiger partial charge on any atom is -0.322 e. The lowest BCUT2D eigenvalue weighted by Crippen LogP contribution is -2.52. The molecule has 1 N–H and O–H groups in total. The minimum absolute atomic E-state index is 0.226. The summed E-state index contributed by atoms with van der Waals surface area (Å²) in [4.78, 5) is 37.0. The van der Waals surface area contributed by atoms with E-state index in [0.717, 1.165) is 5.56 Å². The zero-order valence-electron chi connectivity index (χ0n) is 10.9. The van der Waals surface area contributed by atoms with Crippen LogP contribution in [0.5, 0.6) is 0 Å². The number of piperidine rings is 1. The van der Waals surface area contributed by atoms with Gasteiger partial charge in [-0.3, -0.25) is 19.7 Å². The van der Waals surface area contributed by atoms with Crippen molar-refractivity contribution in [1.82, 2.24) is 10.2 Å². The van der Waals surface area contributed by atoms with Crippen LogP contribution in [-0.2, 0) is 16.1 Å². The molecule has 1 fully saturated rings. The van der Waals surface area contributed by atoms with Crippen LogP contribution in [0.2, 0.25) is 0 Å². The van der Waals surface area contributed by atoms with Crippen molar-refractivity contribution in [3.63, 3.8) is 0 Å². The summed E-state index contributed by atoms with van der Waals surface area (Å²) in [6.07, 6.45) is 0.556. The summed E-state index contributed by atoms with van der Waals surface area (Å²) in [6.45, 7) is 0.280. The third-order valence-corrected chi connectivity index (χ3v) is 4.39. The monoisotopic (exact) mass is 347 g/mol. The Morgan fingerprint density at radius 2 is 2.10 bits per heavy atom. The predicted molar refractivity (Wildman–Crippen MR) is 74.9 cm³/mol. The van der Waals surface area contributed by atoms with Gasteiger partial charge in [-0.05, 0) is 40.0 Å². The smallest absolute Gasteiger partial charge is 0.255 e. The second kappa shape index (κ2) is 4.97. The molecule has 106 valence electrons. The standard InChI is InChI=1S/C14H10BrN3O3/c15-10-4-9-8(3-7(10)5-16)6-18(14(9)21)11-1-2-12(19)17-13(11)20/h3-4,11H,1-2,6H2,(H,17,19,20). The minimum atomic E-state index is -0.632. The fourth-order valence-corrected chi connectivity index (χ4v) is 3.11. The van der Waals surface area contributed by atoms with Crippen molar-refractivity contribution >= 4 is 33.7 Å². The van der Waals surface area contributed by atoms with Crippen molar-refractivity contribution in [3.05, 3.63) is 33.3 Å². The lowest BCUT2D eigenvalue weighted by Gasteiger charge is -2.29. The van der Waals surface area contributed by atoms with Gasteiger partial charge in [0.05, 0.1) is 5.56 Å². The van der Waals surface area contributed by atoms with Crippen molar-refractivity contribution in [3.8, 4) is 6.07 Å². The normalized spacial score (nSPS) is 21.0. The Morgan fingerprint density at radius 1 is 1.33 bits per heavy atom. The summed E-state index contributed by atoms with van der Waals surface area (Å²) in [6, 6.07) is 4.68. The maximum Gasteiger partial charge on any atom is 0.255 e. The number of carbonyl (C=O) groups is 3. The summed E-state index contributed by atoms with van der Waals surface area (Å²) in [5, 5.41) is 11.3. The van der Waals surface area contributed by atoms with Crippen LogP contribution in [0.3, 0.4) is 0 Å². The van der Waals surface area contributed by atoms with Gasteiger partial charge in [-0.2, -0.15) is 5.26 Å². The molecule has 1 atom stereocenters. The quantitative estimate of drug-likeness (QED) is 0.769. The number of halogens is 1. The Kier molecular flexibility index (Phi) is 3.26. The van der Waals surface area contributed by atoms with E-state index in [1.807, 2.05) is 6.07 Å². The maximum atomic E-state index is 12.4. The van der Waals surface area contributed by atoms with E-state index < -0.39 is 11.9 Å². The van der Waals surface area contributed by atoms with Crippen LogP contribution in [0.1, 0.15) is 34.3 Å². The molecule has 1 aromatic rings. The molecule has 1 unspecified atom stereocenters. The largest absolute Gasteiger partial charge is 0.322 e. The van der Waals surface area contributed by atoms with Gasteiger partial charge in [-0.15, -0.1) is 0 Å². The van der Waals surface area contributed by atoms with Crippen LogP contribution in [0.15, 0.2) is 16.6 Å². The first-order chi connectivity index (χ1) is 10.0. The van der Waals surface area contributed by atoms with Crippen molar-refractivity contribution in [2.75, 3.05) is 0 Å². The van der Waals surface area contributed by atoms with Crippen LogP contribution in [0.4, 0.5) is 0 Å². The van der Waals surface area contributed by atoms with Gasteiger partial charge in [-0.1, -0.05) is 0 Å². The highest BCUT2D eigenvalue weighted by Gasteiger charge is 2.39. The number of nitrogens with zero attached hydrogens (tertiary/aromatic N) is 2. The molecule has 0 spiro atoms. The molecule has 1 aromatic carbocycles. The van der Waals surface area contributed by atoms with Crippen LogP contribution in [0, 0.1) is 11.3 Å². The summed E-state index contributed by atoms with van der Waals surface area (Å²) >= 11 is 3.26. The number of nitriles is 1. The van der Waals surface area contributed by atoms with Gasteiger partial charge in [0.25, 0.3) is 5.91 Å². The lowest BCUT2D eigenvalue weighted by molar-refractivity contribution is -0.136. The number of rotatable bonds is 1. The van der Waals surface area contributed by atoms with E-state index in [4.69, 9.17) is 5.26 Å². The molecule has 0 saturated carbocycles. The number of carbonyl (C=O) groups excluding carboxylic acids is 3. The third-order valence-electron chi connectivity index (χ3n) is 3.73. The molecule has 2 aliphatic heterocycles. The molecule has 21 heavy (non-hydrogen) atoms. The van der Waals surface area contributed by atoms with Crippen molar-refractivity contribution in [2.24, 2.45) is 0 Å². The molecular weight excluding hydrogens is 338 g/mol. The number of benzene rings is 1. The first-order valence-electron chi connectivity index (χ1n) is 6.38. The van der Waals surface area contributed by atoms with Gasteiger partial charge in [-0.25, -0.2) is 0 Å². The number of fused-ring (bicyclic) bond motifs is 1. The van der Waals surface area contributed by atoms with Gasteiger partial charge in [0.15, 0.2) is 0 Å². The van der Waals surface area contributed by atoms with Crippen LogP contribution < -0.4 is 5.32 Å². The highest BCUT2D eigenvalue weighted by Crippen LogP contribution is 2.31. The highest BCUT2D eigenvalue weighted by atomic mass is 79.9. The molecule has 0 bridgehead atoms.